The number of halogens is 1. The maximum Gasteiger partial charge on any atom is 0.309 e. The average Bonchev–Trinajstić information content (AvgIpc) is 2.96. The van der Waals surface area contributed by atoms with Crippen molar-refractivity contribution in [1.82, 2.24) is 4.90 Å². The summed E-state index contributed by atoms with van der Waals surface area (Å²) in [7, 11) is 1.48. The van der Waals surface area contributed by atoms with Crippen LogP contribution in [0, 0.1) is 5.92 Å². The molecule has 0 radical (unpaired) electrons. The van der Waals surface area contributed by atoms with Gasteiger partial charge in [-0.2, -0.15) is 0 Å². The summed E-state index contributed by atoms with van der Waals surface area (Å²) in [5, 5.41) is 0.421. The largest absolute Gasteiger partial charge is 0.495 e. The third-order valence-corrected chi connectivity index (χ3v) is 5.33. The molecule has 0 aliphatic carbocycles. The van der Waals surface area contributed by atoms with Gasteiger partial charge in [-0.1, -0.05) is 11.6 Å². The maximum atomic E-state index is 13.0. The first-order valence-electron chi connectivity index (χ1n) is 9.07. The zero-order chi connectivity index (χ0) is 19.6. The molecule has 1 aromatic carbocycles. The van der Waals surface area contributed by atoms with Crippen LogP contribution in [0.2, 0.25) is 5.02 Å². The molecule has 0 bridgehead atoms. The molecular weight excluding hydrogens is 372 g/mol. The Balaban J connectivity index is 1.72. The molecule has 2 heterocycles. The summed E-state index contributed by atoms with van der Waals surface area (Å²) in [4.78, 5) is 40.6. The highest BCUT2D eigenvalue weighted by atomic mass is 35.5. The van der Waals surface area contributed by atoms with E-state index in [9.17, 15) is 14.4 Å². The van der Waals surface area contributed by atoms with Gasteiger partial charge in [0.15, 0.2) is 0 Å². The van der Waals surface area contributed by atoms with Gasteiger partial charge < -0.3 is 9.47 Å². The van der Waals surface area contributed by atoms with E-state index < -0.39 is 6.04 Å². The van der Waals surface area contributed by atoms with Gasteiger partial charge >= 0.3 is 5.97 Å². The molecule has 0 spiro atoms. The number of ether oxygens (including phenoxy) is 2. The Hall–Kier alpha value is -2.12. The molecule has 2 amide bonds. The number of imide groups is 1. The van der Waals surface area contributed by atoms with Crippen molar-refractivity contribution in [2.75, 3.05) is 31.7 Å². The highest BCUT2D eigenvalue weighted by Crippen LogP contribution is 2.36. The van der Waals surface area contributed by atoms with Crippen LogP contribution in [-0.4, -0.2) is 55.5 Å². The van der Waals surface area contributed by atoms with E-state index in [1.165, 1.54) is 7.11 Å². The Morgan fingerprint density at radius 2 is 1.96 bits per heavy atom. The first-order chi connectivity index (χ1) is 13.0. The Morgan fingerprint density at radius 1 is 1.26 bits per heavy atom. The molecule has 0 aromatic heterocycles. The number of rotatable bonds is 5. The third kappa shape index (κ3) is 3.94. The van der Waals surface area contributed by atoms with Crippen molar-refractivity contribution in [3.63, 3.8) is 0 Å². The molecule has 0 N–H and O–H groups in total. The summed E-state index contributed by atoms with van der Waals surface area (Å²) >= 11 is 6.05. The van der Waals surface area contributed by atoms with Crippen molar-refractivity contribution in [3.8, 4) is 5.75 Å². The average molecular weight is 395 g/mol. The first-order valence-corrected chi connectivity index (χ1v) is 9.45. The fraction of sp³-hybridized carbons (Fsp3) is 0.526. The molecule has 0 unspecified atom stereocenters. The van der Waals surface area contributed by atoms with Gasteiger partial charge in [-0.15, -0.1) is 0 Å². The summed E-state index contributed by atoms with van der Waals surface area (Å²) in [6, 6.07) is 4.32. The number of piperidine rings is 1. The monoisotopic (exact) mass is 394 g/mol. The SMILES string of the molecule is CCOC(=O)C1CCN([C@H]2CC(=O)N(c3cc(Cl)ccc3OC)C2=O)CC1. The van der Waals surface area contributed by atoms with Crippen molar-refractivity contribution in [2.45, 2.75) is 32.2 Å². The minimum Gasteiger partial charge on any atom is -0.495 e. The summed E-state index contributed by atoms with van der Waals surface area (Å²) in [5.74, 6) is -0.468. The molecule has 2 saturated heterocycles. The number of benzene rings is 1. The zero-order valence-corrected chi connectivity index (χ0v) is 16.2. The van der Waals surface area contributed by atoms with Crippen molar-refractivity contribution in [2.24, 2.45) is 5.92 Å². The summed E-state index contributed by atoms with van der Waals surface area (Å²) in [6.45, 7) is 3.31. The van der Waals surface area contributed by atoms with E-state index >= 15 is 0 Å². The van der Waals surface area contributed by atoms with E-state index in [4.69, 9.17) is 21.1 Å². The second-order valence-corrected chi connectivity index (χ2v) is 7.10. The molecule has 1 atom stereocenters. The second-order valence-electron chi connectivity index (χ2n) is 6.67. The number of esters is 1. The van der Waals surface area contributed by atoms with Crippen molar-refractivity contribution in [3.05, 3.63) is 23.2 Å². The van der Waals surface area contributed by atoms with Crippen LogP contribution in [0.25, 0.3) is 0 Å². The molecule has 3 rings (SSSR count). The number of nitrogens with zero attached hydrogens (tertiary/aromatic N) is 2. The minimum atomic E-state index is -0.524. The lowest BCUT2D eigenvalue weighted by molar-refractivity contribution is -0.149. The lowest BCUT2D eigenvalue weighted by atomic mass is 9.95. The zero-order valence-electron chi connectivity index (χ0n) is 15.4. The summed E-state index contributed by atoms with van der Waals surface area (Å²) in [5.41, 5.74) is 0.365. The molecule has 8 heteroatoms. The Bertz CT molecular complexity index is 746. The molecule has 2 aliphatic rings. The number of hydrogen-bond donors (Lipinski definition) is 0. The number of methoxy groups -OCH3 is 1. The van der Waals surface area contributed by atoms with Gasteiger partial charge in [-0.25, -0.2) is 4.90 Å². The third-order valence-electron chi connectivity index (χ3n) is 5.09. The van der Waals surface area contributed by atoms with E-state index in [0.29, 0.717) is 49.0 Å². The van der Waals surface area contributed by atoms with Gasteiger partial charge in [0, 0.05) is 5.02 Å². The highest BCUT2D eigenvalue weighted by molar-refractivity contribution is 6.31. The first kappa shape index (κ1) is 19.6. The molecular formula is C19H23ClN2O5. The van der Waals surface area contributed by atoms with E-state index in [1.54, 1.807) is 25.1 Å². The number of likely N-dealkylation sites (tertiary alicyclic amines) is 1. The number of carbonyl (C=O) groups is 3. The molecule has 0 saturated carbocycles. The number of carbonyl (C=O) groups excluding carboxylic acids is 3. The standard InChI is InChI=1S/C19H23ClN2O5/c1-3-27-19(25)12-6-8-21(9-7-12)15-11-17(23)22(18(15)24)14-10-13(20)4-5-16(14)26-2/h4-5,10,12,15H,3,6-9,11H2,1-2H3/t15-/m0/s1. The van der Waals surface area contributed by atoms with Crippen LogP contribution in [0.3, 0.4) is 0 Å². The quantitative estimate of drug-likeness (QED) is 0.563. The number of amides is 2. The van der Waals surface area contributed by atoms with Gasteiger partial charge in [0.25, 0.3) is 5.91 Å². The fourth-order valence-electron chi connectivity index (χ4n) is 3.70. The van der Waals surface area contributed by atoms with E-state index in [1.807, 2.05) is 4.90 Å². The molecule has 2 aliphatic heterocycles. The van der Waals surface area contributed by atoms with Crippen LogP contribution in [0.15, 0.2) is 18.2 Å². The van der Waals surface area contributed by atoms with E-state index in [2.05, 4.69) is 0 Å². The van der Waals surface area contributed by atoms with E-state index in [-0.39, 0.29) is 30.1 Å². The molecule has 146 valence electrons. The predicted molar refractivity (Wildman–Crippen MR) is 99.8 cm³/mol. The lowest BCUT2D eigenvalue weighted by Crippen LogP contribution is -2.47. The van der Waals surface area contributed by atoms with Crippen LogP contribution < -0.4 is 9.64 Å². The van der Waals surface area contributed by atoms with Gasteiger partial charge in [-0.3, -0.25) is 19.3 Å². The Labute approximate surface area is 163 Å². The Kier molecular flexibility index (Phi) is 6.01. The van der Waals surface area contributed by atoms with Crippen LogP contribution in [0.5, 0.6) is 5.75 Å². The fourth-order valence-corrected chi connectivity index (χ4v) is 3.87. The second kappa shape index (κ2) is 8.27. The van der Waals surface area contributed by atoms with Crippen LogP contribution in [0.1, 0.15) is 26.2 Å². The van der Waals surface area contributed by atoms with Crippen molar-refractivity contribution in [1.29, 1.82) is 0 Å². The molecule has 1 aromatic rings. The topological polar surface area (TPSA) is 76.2 Å². The summed E-state index contributed by atoms with van der Waals surface area (Å²) < 4.78 is 10.4. The Morgan fingerprint density at radius 3 is 2.59 bits per heavy atom. The van der Waals surface area contributed by atoms with Gasteiger partial charge in [-0.05, 0) is 51.1 Å². The lowest BCUT2D eigenvalue weighted by Gasteiger charge is -2.33. The van der Waals surface area contributed by atoms with Crippen LogP contribution in [0.4, 0.5) is 5.69 Å². The van der Waals surface area contributed by atoms with Gasteiger partial charge in [0.1, 0.15) is 5.75 Å². The smallest absolute Gasteiger partial charge is 0.309 e. The van der Waals surface area contributed by atoms with Gasteiger partial charge in [0.2, 0.25) is 5.91 Å². The van der Waals surface area contributed by atoms with Gasteiger partial charge in [0.05, 0.1) is 37.8 Å². The van der Waals surface area contributed by atoms with Crippen LogP contribution in [-0.2, 0) is 19.1 Å². The maximum absolute atomic E-state index is 13.0. The summed E-state index contributed by atoms with van der Waals surface area (Å²) in [6.07, 6.45) is 1.35. The number of anilines is 1. The minimum absolute atomic E-state index is 0.110. The van der Waals surface area contributed by atoms with E-state index in [0.717, 1.165) is 4.90 Å². The highest BCUT2D eigenvalue weighted by Gasteiger charge is 2.44. The van der Waals surface area contributed by atoms with Crippen LogP contribution >= 0.6 is 11.6 Å². The predicted octanol–water partition coefficient (Wildman–Crippen LogP) is 2.26. The molecule has 7 nitrogen and oxygen atoms in total. The molecule has 27 heavy (non-hydrogen) atoms. The van der Waals surface area contributed by atoms with Crippen molar-refractivity contribution < 1.29 is 23.9 Å². The normalized spacial score (nSPS) is 21.6. The van der Waals surface area contributed by atoms with Crippen molar-refractivity contribution >= 4 is 35.1 Å². The number of hydrogen-bond acceptors (Lipinski definition) is 6. The molecule has 2 fully saturated rings.